The van der Waals surface area contributed by atoms with Crippen LogP contribution < -0.4 is 10.1 Å². The molecule has 0 fully saturated rings. The van der Waals surface area contributed by atoms with Crippen molar-refractivity contribution in [2.45, 2.75) is 33.0 Å². The van der Waals surface area contributed by atoms with E-state index in [2.05, 4.69) is 28.8 Å². The number of hydrogen-bond acceptors (Lipinski definition) is 3. The molecule has 0 aliphatic rings. The standard InChI is InChI=1S/C15H24F2N2O/c1-11(2)14(10-19(3)4)18-9-12-5-7-13(8-6-12)20-15(16)17/h5-8,11,14-15,18H,9-10H2,1-4H3. The zero-order chi connectivity index (χ0) is 15.1. The Labute approximate surface area is 119 Å². The van der Waals surface area contributed by atoms with Gasteiger partial charge < -0.3 is 15.0 Å². The molecule has 1 atom stereocenters. The van der Waals surface area contributed by atoms with Crippen LogP contribution in [0.3, 0.4) is 0 Å². The molecule has 1 aromatic rings. The number of likely N-dealkylation sites (N-methyl/N-ethyl adjacent to an activating group) is 1. The molecule has 1 N–H and O–H groups in total. The van der Waals surface area contributed by atoms with Crippen LogP contribution in [0.25, 0.3) is 0 Å². The summed E-state index contributed by atoms with van der Waals surface area (Å²) in [7, 11) is 4.10. The summed E-state index contributed by atoms with van der Waals surface area (Å²) in [5, 5.41) is 3.50. The number of nitrogens with zero attached hydrogens (tertiary/aromatic N) is 1. The lowest BCUT2D eigenvalue weighted by Gasteiger charge is -2.25. The maximum Gasteiger partial charge on any atom is 0.387 e. The lowest BCUT2D eigenvalue weighted by atomic mass is 10.0. The molecule has 0 spiro atoms. The van der Waals surface area contributed by atoms with Gasteiger partial charge in [0.1, 0.15) is 5.75 Å². The summed E-state index contributed by atoms with van der Waals surface area (Å²) < 4.78 is 28.4. The number of nitrogens with one attached hydrogen (secondary N) is 1. The van der Waals surface area contributed by atoms with Gasteiger partial charge in [-0.3, -0.25) is 0 Å². The van der Waals surface area contributed by atoms with Gasteiger partial charge in [-0.25, -0.2) is 0 Å². The minimum atomic E-state index is -2.77. The Balaban J connectivity index is 2.51. The van der Waals surface area contributed by atoms with Crippen molar-refractivity contribution in [1.82, 2.24) is 10.2 Å². The summed E-state index contributed by atoms with van der Waals surface area (Å²) in [4.78, 5) is 2.15. The molecule has 114 valence electrons. The molecule has 1 aromatic carbocycles. The van der Waals surface area contributed by atoms with Gasteiger partial charge in [-0.1, -0.05) is 26.0 Å². The second kappa shape index (κ2) is 8.17. The summed E-state index contributed by atoms with van der Waals surface area (Å²) in [6.45, 7) is 3.27. The Morgan fingerprint density at radius 1 is 1.15 bits per heavy atom. The zero-order valence-corrected chi connectivity index (χ0v) is 12.6. The van der Waals surface area contributed by atoms with Crippen LogP contribution in [0.1, 0.15) is 19.4 Å². The summed E-state index contributed by atoms with van der Waals surface area (Å²) >= 11 is 0. The first-order valence-corrected chi connectivity index (χ1v) is 6.80. The molecule has 1 unspecified atom stereocenters. The molecule has 0 aromatic heterocycles. The SMILES string of the molecule is CC(C)C(CN(C)C)NCc1ccc(OC(F)F)cc1. The van der Waals surface area contributed by atoms with E-state index in [9.17, 15) is 8.78 Å². The van der Waals surface area contributed by atoms with Crippen molar-refractivity contribution >= 4 is 0 Å². The third kappa shape index (κ3) is 6.30. The first kappa shape index (κ1) is 16.9. The van der Waals surface area contributed by atoms with Crippen LogP contribution in [0.4, 0.5) is 8.78 Å². The van der Waals surface area contributed by atoms with Gasteiger partial charge >= 0.3 is 6.61 Å². The first-order valence-electron chi connectivity index (χ1n) is 6.80. The van der Waals surface area contributed by atoms with E-state index in [4.69, 9.17) is 0 Å². The molecule has 0 amide bonds. The van der Waals surface area contributed by atoms with E-state index < -0.39 is 6.61 Å². The number of rotatable bonds is 8. The largest absolute Gasteiger partial charge is 0.435 e. The average molecular weight is 286 g/mol. The Hall–Kier alpha value is -1.20. The molecular weight excluding hydrogens is 262 g/mol. The Bertz CT molecular complexity index is 380. The van der Waals surface area contributed by atoms with E-state index >= 15 is 0 Å². The van der Waals surface area contributed by atoms with E-state index in [1.165, 1.54) is 0 Å². The van der Waals surface area contributed by atoms with Crippen LogP contribution >= 0.6 is 0 Å². The highest BCUT2D eigenvalue weighted by molar-refractivity contribution is 5.27. The van der Waals surface area contributed by atoms with Gasteiger partial charge in [0.2, 0.25) is 0 Å². The Morgan fingerprint density at radius 3 is 2.20 bits per heavy atom. The van der Waals surface area contributed by atoms with Crippen LogP contribution in [0.15, 0.2) is 24.3 Å². The van der Waals surface area contributed by atoms with Crippen molar-refractivity contribution in [2.24, 2.45) is 5.92 Å². The van der Waals surface area contributed by atoms with Crippen LogP contribution in [-0.2, 0) is 6.54 Å². The number of alkyl halides is 2. The molecular formula is C15H24F2N2O. The lowest BCUT2D eigenvalue weighted by Crippen LogP contribution is -2.41. The Kier molecular flexibility index (Phi) is 6.88. The smallest absolute Gasteiger partial charge is 0.387 e. The zero-order valence-electron chi connectivity index (χ0n) is 12.6. The van der Waals surface area contributed by atoms with Gasteiger partial charge in [-0.15, -0.1) is 0 Å². The highest BCUT2D eigenvalue weighted by atomic mass is 19.3. The predicted octanol–water partition coefficient (Wildman–Crippen LogP) is 2.96. The molecule has 0 saturated heterocycles. The molecule has 1 rings (SSSR count). The van der Waals surface area contributed by atoms with Crippen LogP contribution in [0.2, 0.25) is 0 Å². The number of benzene rings is 1. The quantitative estimate of drug-likeness (QED) is 0.795. The third-order valence-corrected chi connectivity index (χ3v) is 3.08. The molecule has 20 heavy (non-hydrogen) atoms. The van der Waals surface area contributed by atoms with E-state index in [1.54, 1.807) is 24.3 Å². The first-order chi connectivity index (χ1) is 9.38. The molecule has 0 aliphatic heterocycles. The fourth-order valence-electron chi connectivity index (χ4n) is 1.94. The molecule has 0 saturated carbocycles. The summed E-state index contributed by atoms with van der Waals surface area (Å²) in [5.41, 5.74) is 1.05. The lowest BCUT2D eigenvalue weighted by molar-refractivity contribution is -0.0498. The molecule has 0 radical (unpaired) electrons. The van der Waals surface area contributed by atoms with Gasteiger partial charge in [0.05, 0.1) is 0 Å². The van der Waals surface area contributed by atoms with Crippen molar-refractivity contribution in [3.05, 3.63) is 29.8 Å². The highest BCUT2D eigenvalue weighted by Gasteiger charge is 2.13. The third-order valence-electron chi connectivity index (χ3n) is 3.08. The molecule has 3 nitrogen and oxygen atoms in total. The minimum absolute atomic E-state index is 0.192. The topological polar surface area (TPSA) is 24.5 Å². The monoisotopic (exact) mass is 286 g/mol. The van der Waals surface area contributed by atoms with Crippen molar-refractivity contribution in [3.8, 4) is 5.75 Å². The van der Waals surface area contributed by atoms with E-state index in [0.717, 1.165) is 12.1 Å². The number of halogens is 2. The van der Waals surface area contributed by atoms with Crippen LogP contribution in [0, 0.1) is 5.92 Å². The van der Waals surface area contributed by atoms with E-state index in [0.29, 0.717) is 18.5 Å². The van der Waals surface area contributed by atoms with Crippen LogP contribution in [0.5, 0.6) is 5.75 Å². The van der Waals surface area contributed by atoms with Gasteiger partial charge in [0.25, 0.3) is 0 Å². The molecule has 0 aliphatic carbocycles. The van der Waals surface area contributed by atoms with Gasteiger partial charge in [-0.05, 0) is 37.7 Å². The second-order valence-electron chi connectivity index (χ2n) is 5.52. The maximum atomic E-state index is 12.0. The predicted molar refractivity (Wildman–Crippen MR) is 77.1 cm³/mol. The van der Waals surface area contributed by atoms with Crippen molar-refractivity contribution in [2.75, 3.05) is 20.6 Å². The maximum absolute atomic E-state index is 12.0. The van der Waals surface area contributed by atoms with Crippen LogP contribution in [-0.4, -0.2) is 38.2 Å². The molecule has 0 bridgehead atoms. The van der Waals surface area contributed by atoms with Gasteiger partial charge in [-0.2, -0.15) is 8.78 Å². The number of ether oxygens (including phenoxy) is 1. The summed E-state index contributed by atoms with van der Waals surface area (Å²) in [6, 6.07) is 7.14. The van der Waals surface area contributed by atoms with Crippen molar-refractivity contribution < 1.29 is 13.5 Å². The molecule has 5 heteroatoms. The van der Waals surface area contributed by atoms with Crippen molar-refractivity contribution in [1.29, 1.82) is 0 Å². The second-order valence-corrected chi connectivity index (χ2v) is 5.52. The molecule has 0 heterocycles. The van der Waals surface area contributed by atoms with Gasteiger partial charge in [0, 0.05) is 19.1 Å². The Morgan fingerprint density at radius 2 is 1.75 bits per heavy atom. The van der Waals surface area contributed by atoms with E-state index in [-0.39, 0.29) is 5.75 Å². The fraction of sp³-hybridized carbons (Fsp3) is 0.600. The van der Waals surface area contributed by atoms with E-state index in [1.807, 2.05) is 14.1 Å². The van der Waals surface area contributed by atoms with Gasteiger partial charge in [0.15, 0.2) is 0 Å². The average Bonchev–Trinajstić information content (AvgIpc) is 2.34. The normalized spacial score (nSPS) is 13.2. The minimum Gasteiger partial charge on any atom is -0.435 e. The highest BCUT2D eigenvalue weighted by Crippen LogP contribution is 2.15. The number of hydrogen-bond donors (Lipinski definition) is 1. The summed E-state index contributed by atoms with van der Waals surface area (Å²) in [6.07, 6.45) is 0. The van der Waals surface area contributed by atoms with Crippen molar-refractivity contribution in [3.63, 3.8) is 0 Å². The fourth-order valence-corrected chi connectivity index (χ4v) is 1.94. The summed E-state index contributed by atoms with van der Waals surface area (Å²) in [5.74, 6) is 0.719.